The zero-order chi connectivity index (χ0) is 29.6. The number of hydrogen-bond acceptors (Lipinski definition) is 6. The van der Waals surface area contributed by atoms with E-state index in [1.807, 2.05) is 49.8 Å². The van der Waals surface area contributed by atoms with Gasteiger partial charge >= 0.3 is 0 Å². The van der Waals surface area contributed by atoms with Crippen LogP contribution in [0.5, 0.6) is 0 Å². The molecule has 0 saturated carbocycles. The van der Waals surface area contributed by atoms with Crippen molar-refractivity contribution in [3.63, 3.8) is 0 Å². The zero-order valence-corrected chi connectivity index (χ0v) is 24.4. The zero-order valence-electron chi connectivity index (χ0n) is 24.4. The number of nitrogens with one attached hydrogen (secondary N) is 3. The molecule has 0 aliphatic rings. The fourth-order valence-electron chi connectivity index (χ4n) is 4.17. The standard InChI is InChI=1S/C32H40N8/c1-10-23(16-24(11-2)37-21(5)17-32(7,8)9)20(4)15-25(26(33)12-3)28(34)30-38-27-13-14-35-31(29(27)39-30)40-18-22(6)36-19-40/h10-16,18-19,34,37H,2,4-5,17,33H2,1,3,6-9H3,(H,38,39)/b23-10+,24-16+,25-15+,26-12+,34-28?. The van der Waals surface area contributed by atoms with Gasteiger partial charge in [0.2, 0.25) is 0 Å². The highest BCUT2D eigenvalue weighted by Crippen LogP contribution is 2.25. The summed E-state index contributed by atoms with van der Waals surface area (Å²) in [6.07, 6.45) is 15.3. The van der Waals surface area contributed by atoms with Crippen molar-refractivity contribution >= 4 is 16.7 Å². The summed E-state index contributed by atoms with van der Waals surface area (Å²) in [7, 11) is 0. The Hall–Kier alpha value is -4.72. The number of H-pyrrole nitrogens is 1. The summed E-state index contributed by atoms with van der Waals surface area (Å²) in [5, 5.41) is 12.4. The number of hydrogen-bond donors (Lipinski definition) is 4. The summed E-state index contributed by atoms with van der Waals surface area (Å²) in [6, 6.07) is 1.83. The van der Waals surface area contributed by atoms with Crippen molar-refractivity contribution < 1.29 is 0 Å². The molecule has 8 heteroatoms. The fraction of sp³-hybridized carbons (Fsp3) is 0.250. The first-order valence-electron chi connectivity index (χ1n) is 13.1. The smallest absolute Gasteiger partial charge is 0.166 e. The van der Waals surface area contributed by atoms with Gasteiger partial charge < -0.3 is 16.0 Å². The third-order valence-corrected chi connectivity index (χ3v) is 6.06. The third-order valence-electron chi connectivity index (χ3n) is 6.06. The molecule has 0 fully saturated rings. The average molecular weight is 537 g/mol. The average Bonchev–Trinajstić information content (AvgIpc) is 3.53. The molecule has 3 aromatic rings. The number of nitrogens with two attached hydrogens (primary N) is 1. The Morgan fingerprint density at radius 1 is 1.18 bits per heavy atom. The van der Waals surface area contributed by atoms with E-state index in [9.17, 15) is 0 Å². The summed E-state index contributed by atoms with van der Waals surface area (Å²) < 4.78 is 1.82. The number of aromatic amines is 1. The summed E-state index contributed by atoms with van der Waals surface area (Å²) in [5.74, 6) is 0.996. The molecule has 8 nitrogen and oxygen atoms in total. The summed E-state index contributed by atoms with van der Waals surface area (Å²) >= 11 is 0. The largest absolute Gasteiger partial charge is 0.398 e. The highest BCUT2D eigenvalue weighted by molar-refractivity contribution is 6.12. The van der Waals surface area contributed by atoms with Gasteiger partial charge in [-0.1, -0.05) is 52.7 Å². The van der Waals surface area contributed by atoms with Crippen molar-refractivity contribution in [1.29, 1.82) is 5.41 Å². The van der Waals surface area contributed by atoms with E-state index >= 15 is 0 Å². The number of imidazole rings is 2. The molecule has 0 radical (unpaired) electrons. The minimum atomic E-state index is 0.108. The van der Waals surface area contributed by atoms with Crippen LogP contribution in [0.15, 0.2) is 109 Å². The Morgan fingerprint density at radius 2 is 1.90 bits per heavy atom. The first-order valence-corrected chi connectivity index (χ1v) is 13.1. The molecular weight excluding hydrogens is 496 g/mol. The summed E-state index contributed by atoms with van der Waals surface area (Å²) in [5.41, 5.74) is 13.1. The summed E-state index contributed by atoms with van der Waals surface area (Å²) in [4.78, 5) is 16.8. The Balaban J connectivity index is 1.96. The molecule has 0 atom stereocenters. The number of rotatable bonds is 11. The number of aryl methyl sites for hydroxylation is 1. The minimum Gasteiger partial charge on any atom is -0.398 e. The van der Waals surface area contributed by atoms with Crippen molar-refractivity contribution in [2.75, 3.05) is 0 Å². The number of fused-ring (bicyclic) bond motifs is 1. The van der Waals surface area contributed by atoms with Gasteiger partial charge in [0, 0.05) is 35.1 Å². The van der Waals surface area contributed by atoms with Crippen molar-refractivity contribution in [3.8, 4) is 5.82 Å². The Bertz CT molecular complexity index is 1580. The Morgan fingerprint density at radius 3 is 2.48 bits per heavy atom. The van der Waals surface area contributed by atoms with Gasteiger partial charge in [-0.3, -0.25) is 9.98 Å². The van der Waals surface area contributed by atoms with Gasteiger partial charge in [-0.05, 0) is 68.0 Å². The molecule has 5 N–H and O–H groups in total. The molecule has 0 aliphatic carbocycles. The van der Waals surface area contributed by atoms with Crippen LogP contribution in [-0.4, -0.2) is 30.2 Å². The number of aromatic nitrogens is 5. The normalized spacial score (nSPS) is 13.4. The maximum absolute atomic E-state index is 9.04. The van der Waals surface area contributed by atoms with Crippen molar-refractivity contribution in [2.24, 2.45) is 11.1 Å². The van der Waals surface area contributed by atoms with Crippen LogP contribution in [0.2, 0.25) is 0 Å². The van der Waals surface area contributed by atoms with Crippen LogP contribution in [-0.2, 0) is 0 Å². The maximum Gasteiger partial charge on any atom is 0.166 e. The van der Waals surface area contributed by atoms with Gasteiger partial charge in [0.15, 0.2) is 11.6 Å². The van der Waals surface area contributed by atoms with E-state index in [0.29, 0.717) is 34.0 Å². The molecule has 0 saturated heterocycles. The van der Waals surface area contributed by atoms with Crippen LogP contribution in [0, 0.1) is 17.7 Å². The van der Waals surface area contributed by atoms with Crippen LogP contribution in [0.3, 0.4) is 0 Å². The van der Waals surface area contributed by atoms with Gasteiger partial charge in [0.05, 0.1) is 11.2 Å². The van der Waals surface area contributed by atoms with E-state index < -0.39 is 0 Å². The minimum absolute atomic E-state index is 0.108. The molecule has 0 aliphatic heterocycles. The highest BCUT2D eigenvalue weighted by Gasteiger charge is 2.18. The van der Waals surface area contributed by atoms with Gasteiger partial charge in [0.1, 0.15) is 17.6 Å². The van der Waals surface area contributed by atoms with E-state index in [4.69, 9.17) is 16.1 Å². The van der Waals surface area contributed by atoms with Crippen LogP contribution in [0.1, 0.15) is 52.6 Å². The molecule has 0 bridgehead atoms. The lowest BCUT2D eigenvalue weighted by atomic mass is 9.91. The topological polar surface area (TPSA) is 121 Å². The van der Waals surface area contributed by atoms with Crippen molar-refractivity contribution in [1.82, 2.24) is 29.8 Å². The van der Waals surface area contributed by atoms with Gasteiger partial charge in [0.25, 0.3) is 0 Å². The summed E-state index contributed by atoms with van der Waals surface area (Å²) in [6.45, 7) is 24.6. The van der Waals surface area contributed by atoms with Crippen molar-refractivity contribution in [2.45, 2.75) is 48.0 Å². The lowest BCUT2D eigenvalue weighted by Gasteiger charge is -2.21. The van der Waals surface area contributed by atoms with Crippen LogP contribution in [0.25, 0.3) is 16.9 Å². The monoisotopic (exact) mass is 536 g/mol. The fourth-order valence-corrected chi connectivity index (χ4v) is 4.17. The first kappa shape index (κ1) is 29.8. The molecule has 208 valence electrons. The molecule has 3 aromatic heterocycles. The molecule has 0 aromatic carbocycles. The second kappa shape index (κ2) is 12.4. The second-order valence-electron chi connectivity index (χ2n) is 10.8. The molecular formula is C32H40N8. The maximum atomic E-state index is 9.04. The van der Waals surface area contributed by atoms with Gasteiger partial charge in [-0.25, -0.2) is 15.0 Å². The first-order chi connectivity index (χ1) is 18.9. The molecule has 3 heterocycles. The van der Waals surface area contributed by atoms with Crippen molar-refractivity contribution in [3.05, 3.63) is 120 Å². The molecule has 0 unspecified atom stereocenters. The SMILES string of the molecule is C=C/C(=C\C(=C/C)C(=C)/C=C(C(=N)c1nc2c(-n3cnc(C)c3)nccc2[nH]1)\C(N)=C/C)NC(=C)CC(C)(C)C. The lowest BCUT2D eigenvalue weighted by molar-refractivity contribution is 0.403. The molecule has 3 rings (SSSR count). The number of allylic oxidation sites excluding steroid dienone is 9. The molecule has 40 heavy (non-hydrogen) atoms. The predicted molar refractivity (Wildman–Crippen MR) is 166 cm³/mol. The number of nitrogens with zero attached hydrogens (tertiary/aromatic N) is 4. The van der Waals surface area contributed by atoms with Crippen LogP contribution >= 0.6 is 0 Å². The molecule has 0 spiro atoms. The predicted octanol–water partition coefficient (Wildman–Crippen LogP) is 6.72. The van der Waals surface area contributed by atoms with Gasteiger partial charge in [-0.2, -0.15) is 0 Å². The Labute approximate surface area is 237 Å². The lowest BCUT2D eigenvalue weighted by Crippen LogP contribution is -2.17. The van der Waals surface area contributed by atoms with Gasteiger partial charge in [-0.15, -0.1) is 0 Å². The number of pyridine rings is 1. The quantitative estimate of drug-likeness (QED) is 0.160. The van der Waals surface area contributed by atoms with E-state index in [1.54, 1.807) is 30.8 Å². The Kier molecular flexibility index (Phi) is 9.27. The van der Waals surface area contributed by atoms with Crippen LogP contribution in [0.4, 0.5) is 0 Å². The highest BCUT2D eigenvalue weighted by atomic mass is 15.1. The molecule has 0 amide bonds. The van der Waals surface area contributed by atoms with E-state index in [0.717, 1.165) is 34.6 Å². The van der Waals surface area contributed by atoms with E-state index in [1.165, 1.54) is 0 Å². The van der Waals surface area contributed by atoms with Crippen LogP contribution < -0.4 is 11.1 Å². The second-order valence-corrected chi connectivity index (χ2v) is 10.8. The van der Waals surface area contributed by atoms with E-state index in [2.05, 4.69) is 60.8 Å². The van der Waals surface area contributed by atoms with E-state index in [-0.39, 0.29) is 11.1 Å². The third kappa shape index (κ3) is 7.22.